The van der Waals surface area contributed by atoms with E-state index in [0.29, 0.717) is 26.4 Å². The lowest BCUT2D eigenvalue weighted by Gasteiger charge is -2.11. The third-order valence-electron chi connectivity index (χ3n) is 2.44. The molecule has 0 saturated carbocycles. The van der Waals surface area contributed by atoms with Crippen LogP contribution in [0.25, 0.3) is 0 Å². The summed E-state index contributed by atoms with van der Waals surface area (Å²) in [4.78, 5) is 22.7. The molecule has 1 aromatic rings. The van der Waals surface area contributed by atoms with E-state index >= 15 is 0 Å². The zero-order valence-corrected chi connectivity index (χ0v) is 12.3. The summed E-state index contributed by atoms with van der Waals surface area (Å²) in [6.45, 7) is 1.55. The van der Waals surface area contributed by atoms with E-state index < -0.39 is 12.0 Å². The number of rotatable bonds is 8. The number of carbonyl (C=O) groups excluding carboxylic acids is 1. The first kappa shape index (κ1) is 17.2. The van der Waals surface area contributed by atoms with E-state index in [1.807, 2.05) is 0 Å². The Morgan fingerprint density at radius 3 is 2.71 bits per heavy atom. The smallest absolute Gasteiger partial charge is 0.339 e. The number of carboxylic acids is 1. The Kier molecular flexibility index (Phi) is 7.52. The first-order valence-corrected chi connectivity index (χ1v) is 6.57. The number of benzene rings is 1. The molecule has 0 saturated heterocycles. The standard InChI is InChI=1S/C13H17ClN2O5/c1-20-7-8-21-6-5-15-13(19)16-10-4-2-3-9(14)11(10)12(17)18/h2-4H,5-8H2,1H3,(H,17,18)(H2,15,16,19). The van der Waals surface area contributed by atoms with E-state index in [1.54, 1.807) is 13.2 Å². The molecule has 0 radical (unpaired) electrons. The molecule has 1 rings (SSSR count). The van der Waals surface area contributed by atoms with Crippen LogP contribution in [0.4, 0.5) is 10.5 Å². The highest BCUT2D eigenvalue weighted by Gasteiger charge is 2.15. The molecule has 1 aromatic carbocycles. The number of ether oxygens (including phenoxy) is 2. The maximum absolute atomic E-state index is 11.6. The van der Waals surface area contributed by atoms with Gasteiger partial charge in [0, 0.05) is 13.7 Å². The molecule has 0 bridgehead atoms. The Labute approximate surface area is 127 Å². The van der Waals surface area contributed by atoms with Gasteiger partial charge >= 0.3 is 12.0 Å². The topological polar surface area (TPSA) is 96.9 Å². The molecule has 0 aromatic heterocycles. The van der Waals surface area contributed by atoms with Crippen LogP contribution in [0.3, 0.4) is 0 Å². The van der Waals surface area contributed by atoms with Gasteiger partial charge in [-0.15, -0.1) is 0 Å². The van der Waals surface area contributed by atoms with Crippen LogP contribution in [0.1, 0.15) is 10.4 Å². The number of hydrogen-bond donors (Lipinski definition) is 3. The van der Waals surface area contributed by atoms with Gasteiger partial charge in [-0.05, 0) is 12.1 Å². The summed E-state index contributed by atoms with van der Waals surface area (Å²) in [5.41, 5.74) is -0.0153. The third kappa shape index (κ3) is 5.99. The van der Waals surface area contributed by atoms with Gasteiger partial charge in [0.2, 0.25) is 0 Å². The van der Waals surface area contributed by atoms with E-state index in [-0.39, 0.29) is 16.3 Å². The van der Waals surface area contributed by atoms with Gasteiger partial charge < -0.3 is 25.2 Å². The monoisotopic (exact) mass is 316 g/mol. The average molecular weight is 317 g/mol. The van der Waals surface area contributed by atoms with E-state index in [0.717, 1.165) is 0 Å². The highest BCUT2D eigenvalue weighted by molar-refractivity contribution is 6.34. The van der Waals surface area contributed by atoms with Gasteiger partial charge in [0.1, 0.15) is 5.56 Å². The number of carboxylic acid groups (broad SMARTS) is 1. The van der Waals surface area contributed by atoms with Gasteiger partial charge in [0.25, 0.3) is 0 Å². The van der Waals surface area contributed by atoms with Crippen molar-refractivity contribution < 1.29 is 24.2 Å². The summed E-state index contributed by atoms with van der Waals surface area (Å²) >= 11 is 5.80. The van der Waals surface area contributed by atoms with Crippen LogP contribution in [-0.2, 0) is 9.47 Å². The van der Waals surface area contributed by atoms with Crippen molar-refractivity contribution in [3.8, 4) is 0 Å². The molecule has 7 nitrogen and oxygen atoms in total. The second-order valence-electron chi connectivity index (χ2n) is 3.95. The number of methoxy groups -OCH3 is 1. The molecular weight excluding hydrogens is 300 g/mol. The quantitative estimate of drug-likeness (QED) is 0.636. The van der Waals surface area contributed by atoms with Crippen LogP contribution in [0, 0.1) is 0 Å². The summed E-state index contributed by atoms with van der Waals surface area (Å²) in [6, 6.07) is 3.93. The molecule has 116 valence electrons. The summed E-state index contributed by atoms with van der Waals surface area (Å²) < 4.78 is 9.98. The molecule has 0 heterocycles. The SMILES string of the molecule is COCCOCCNC(=O)Nc1cccc(Cl)c1C(=O)O. The van der Waals surface area contributed by atoms with Crippen molar-refractivity contribution in [2.45, 2.75) is 0 Å². The van der Waals surface area contributed by atoms with Gasteiger partial charge in [-0.25, -0.2) is 9.59 Å². The van der Waals surface area contributed by atoms with Crippen molar-refractivity contribution >= 4 is 29.3 Å². The van der Waals surface area contributed by atoms with Crippen molar-refractivity contribution in [2.75, 3.05) is 38.8 Å². The van der Waals surface area contributed by atoms with E-state index in [4.69, 9.17) is 26.2 Å². The lowest BCUT2D eigenvalue weighted by Crippen LogP contribution is -2.32. The highest BCUT2D eigenvalue weighted by Crippen LogP contribution is 2.24. The molecule has 2 amide bonds. The molecule has 0 aliphatic carbocycles. The van der Waals surface area contributed by atoms with Gasteiger partial charge in [0.05, 0.1) is 30.5 Å². The van der Waals surface area contributed by atoms with Crippen molar-refractivity contribution in [3.05, 3.63) is 28.8 Å². The lowest BCUT2D eigenvalue weighted by atomic mass is 10.2. The fourth-order valence-electron chi connectivity index (χ4n) is 1.49. The number of urea groups is 1. The minimum Gasteiger partial charge on any atom is -0.478 e. The van der Waals surface area contributed by atoms with E-state index in [1.165, 1.54) is 12.1 Å². The van der Waals surface area contributed by atoms with Gasteiger partial charge in [-0.1, -0.05) is 17.7 Å². The Morgan fingerprint density at radius 2 is 2.05 bits per heavy atom. The fraction of sp³-hybridized carbons (Fsp3) is 0.385. The molecule has 0 fully saturated rings. The molecule has 0 aliphatic heterocycles. The third-order valence-corrected chi connectivity index (χ3v) is 2.75. The number of amides is 2. The minimum atomic E-state index is -1.21. The molecule has 0 aliphatic rings. The van der Waals surface area contributed by atoms with Crippen LogP contribution in [0.15, 0.2) is 18.2 Å². The highest BCUT2D eigenvalue weighted by atomic mass is 35.5. The predicted molar refractivity (Wildman–Crippen MR) is 78.1 cm³/mol. The van der Waals surface area contributed by atoms with Gasteiger partial charge in [-0.3, -0.25) is 0 Å². The molecule has 0 unspecified atom stereocenters. The van der Waals surface area contributed by atoms with Crippen LogP contribution < -0.4 is 10.6 Å². The number of halogens is 1. The zero-order valence-electron chi connectivity index (χ0n) is 11.5. The maximum atomic E-state index is 11.6. The van der Waals surface area contributed by atoms with Gasteiger partial charge in [0.15, 0.2) is 0 Å². The summed E-state index contributed by atoms with van der Waals surface area (Å²) in [7, 11) is 1.57. The Morgan fingerprint density at radius 1 is 1.29 bits per heavy atom. The number of aromatic carboxylic acids is 1. The molecule has 0 spiro atoms. The Balaban J connectivity index is 2.45. The van der Waals surface area contributed by atoms with Crippen molar-refractivity contribution in [2.24, 2.45) is 0 Å². The Bertz CT molecular complexity index is 495. The van der Waals surface area contributed by atoms with Crippen LogP contribution >= 0.6 is 11.6 Å². The number of carbonyl (C=O) groups is 2. The zero-order chi connectivity index (χ0) is 15.7. The lowest BCUT2D eigenvalue weighted by molar-refractivity contribution is 0.0698. The van der Waals surface area contributed by atoms with E-state index in [2.05, 4.69) is 10.6 Å². The van der Waals surface area contributed by atoms with Gasteiger partial charge in [-0.2, -0.15) is 0 Å². The summed E-state index contributed by atoms with van der Waals surface area (Å²) in [6.07, 6.45) is 0. The first-order valence-electron chi connectivity index (χ1n) is 6.19. The first-order chi connectivity index (χ1) is 10.1. The van der Waals surface area contributed by atoms with Crippen molar-refractivity contribution in [1.82, 2.24) is 5.32 Å². The van der Waals surface area contributed by atoms with Crippen molar-refractivity contribution in [1.29, 1.82) is 0 Å². The van der Waals surface area contributed by atoms with Crippen LogP contribution in [-0.4, -0.2) is 50.6 Å². The Hall–Kier alpha value is -1.83. The fourth-order valence-corrected chi connectivity index (χ4v) is 1.75. The average Bonchev–Trinajstić information content (AvgIpc) is 2.42. The number of nitrogens with one attached hydrogen (secondary N) is 2. The van der Waals surface area contributed by atoms with Crippen LogP contribution in [0.5, 0.6) is 0 Å². The van der Waals surface area contributed by atoms with Crippen molar-refractivity contribution in [3.63, 3.8) is 0 Å². The van der Waals surface area contributed by atoms with Crippen LogP contribution in [0.2, 0.25) is 5.02 Å². The minimum absolute atomic E-state index is 0.0585. The number of hydrogen-bond acceptors (Lipinski definition) is 4. The molecule has 0 atom stereocenters. The second-order valence-corrected chi connectivity index (χ2v) is 4.36. The normalized spacial score (nSPS) is 10.2. The largest absolute Gasteiger partial charge is 0.478 e. The maximum Gasteiger partial charge on any atom is 0.339 e. The summed E-state index contributed by atoms with van der Waals surface area (Å²) in [5, 5.41) is 14.1. The summed E-state index contributed by atoms with van der Waals surface area (Å²) in [5.74, 6) is -1.21. The molecular formula is C13H17ClN2O5. The number of anilines is 1. The molecule has 3 N–H and O–H groups in total. The molecule has 8 heteroatoms. The van der Waals surface area contributed by atoms with E-state index in [9.17, 15) is 9.59 Å². The molecule has 21 heavy (non-hydrogen) atoms. The second kappa shape index (κ2) is 9.17. The predicted octanol–water partition coefficient (Wildman–Crippen LogP) is 1.82.